The molecule has 1 aliphatic heterocycles. The van der Waals surface area contributed by atoms with Crippen molar-refractivity contribution in [2.45, 2.75) is 31.9 Å². The van der Waals surface area contributed by atoms with Gasteiger partial charge in [0, 0.05) is 18.8 Å². The Bertz CT molecular complexity index is 1160. The Morgan fingerprint density at radius 1 is 1.05 bits per heavy atom. The lowest BCUT2D eigenvalue weighted by atomic mass is 10.0. The van der Waals surface area contributed by atoms with E-state index in [4.69, 9.17) is 9.47 Å². The van der Waals surface area contributed by atoms with E-state index < -0.39 is 11.9 Å². The molecule has 37 heavy (non-hydrogen) atoms. The summed E-state index contributed by atoms with van der Waals surface area (Å²) >= 11 is 1.29. The third-order valence-electron chi connectivity index (χ3n) is 5.99. The zero-order chi connectivity index (χ0) is 26.0. The van der Waals surface area contributed by atoms with Crippen LogP contribution in [0, 0.1) is 0 Å². The van der Waals surface area contributed by atoms with Gasteiger partial charge < -0.3 is 20.1 Å². The molecule has 2 N–H and O–H groups in total. The first-order valence-corrected chi connectivity index (χ1v) is 13.3. The molecule has 0 unspecified atom stereocenters. The number of hydrogen-bond acceptors (Lipinski definition) is 6. The predicted octanol–water partition coefficient (Wildman–Crippen LogP) is 3.95. The zero-order valence-electron chi connectivity index (χ0n) is 20.7. The van der Waals surface area contributed by atoms with Gasteiger partial charge in [0.25, 0.3) is 5.91 Å². The summed E-state index contributed by atoms with van der Waals surface area (Å²) < 4.78 is 11.2. The van der Waals surface area contributed by atoms with Crippen LogP contribution in [0.25, 0.3) is 0 Å². The smallest absolute Gasteiger partial charge is 0.261 e. The normalized spacial score (nSPS) is 15.5. The summed E-state index contributed by atoms with van der Waals surface area (Å²) in [7, 11) is 0. The fourth-order valence-electron chi connectivity index (χ4n) is 4.21. The molecule has 1 aliphatic rings. The van der Waals surface area contributed by atoms with Gasteiger partial charge in [-0.1, -0.05) is 36.4 Å². The lowest BCUT2D eigenvalue weighted by Gasteiger charge is -2.32. The van der Waals surface area contributed by atoms with E-state index in [-0.39, 0.29) is 24.5 Å². The second-order valence-corrected chi connectivity index (χ2v) is 9.49. The van der Waals surface area contributed by atoms with Gasteiger partial charge >= 0.3 is 0 Å². The molecule has 4 rings (SSSR count). The van der Waals surface area contributed by atoms with Gasteiger partial charge in [-0.3, -0.25) is 19.3 Å². The molecular weight excluding hydrogens is 490 g/mol. The molecule has 1 saturated heterocycles. The molecule has 1 fully saturated rings. The predicted molar refractivity (Wildman–Crippen MR) is 143 cm³/mol. The second kappa shape index (κ2) is 13.0. The number of hydrogen-bond donors (Lipinski definition) is 2. The van der Waals surface area contributed by atoms with Crippen LogP contribution in [0.3, 0.4) is 0 Å². The van der Waals surface area contributed by atoms with Crippen molar-refractivity contribution in [1.29, 1.82) is 0 Å². The van der Waals surface area contributed by atoms with Gasteiger partial charge in [0.2, 0.25) is 11.8 Å². The van der Waals surface area contributed by atoms with E-state index in [1.54, 1.807) is 41.8 Å². The molecule has 9 heteroatoms. The van der Waals surface area contributed by atoms with Crippen LogP contribution in [0.5, 0.6) is 5.75 Å². The number of ether oxygens (including phenoxy) is 2. The minimum Gasteiger partial charge on any atom is -0.494 e. The first kappa shape index (κ1) is 26.4. The van der Waals surface area contributed by atoms with Crippen LogP contribution in [0.1, 0.15) is 41.0 Å². The van der Waals surface area contributed by atoms with Crippen LogP contribution in [0.4, 0.5) is 5.69 Å². The van der Waals surface area contributed by atoms with Crippen LogP contribution in [0.2, 0.25) is 0 Å². The minimum absolute atomic E-state index is 0.0416. The van der Waals surface area contributed by atoms with E-state index in [9.17, 15) is 14.4 Å². The Hall–Kier alpha value is -3.69. The van der Waals surface area contributed by atoms with Crippen molar-refractivity contribution >= 4 is 34.7 Å². The molecule has 3 amide bonds. The van der Waals surface area contributed by atoms with Gasteiger partial charge in [0.1, 0.15) is 11.8 Å². The average molecular weight is 522 g/mol. The summed E-state index contributed by atoms with van der Waals surface area (Å²) in [5.74, 6) is -0.429. The van der Waals surface area contributed by atoms with Crippen molar-refractivity contribution in [3.05, 3.63) is 82.6 Å². The van der Waals surface area contributed by atoms with Crippen molar-refractivity contribution in [3.63, 3.8) is 0 Å². The van der Waals surface area contributed by atoms with Gasteiger partial charge in [-0.2, -0.15) is 0 Å². The summed E-state index contributed by atoms with van der Waals surface area (Å²) in [6.07, 6.45) is 1.80. The maximum Gasteiger partial charge on any atom is 0.261 e. The van der Waals surface area contributed by atoms with E-state index in [2.05, 4.69) is 10.6 Å². The van der Waals surface area contributed by atoms with Crippen molar-refractivity contribution in [2.75, 3.05) is 31.2 Å². The largest absolute Gasteiger partial charge is 0.494 e. The monoisotopic (exact) mass is 521 g/mol. The minimum atomic E-state index is -0.952. The molecule has 8 nitrogen and oxygen atoms in total. The number of benzene rings is 2. The summed E-state index contributed by atoms with van der Waals surface area (Å²) in [6.45, 7) is 3.18. The fourth-order valence-corrected chi connectivity index (χ4v) is 4.85. The van der Waals surface area contributed by atoms with Gasteiger partial charge in [0.05, 0.1) is 24.1 Å². The fraction of sp³-hybridized carbons (Fsp3) is 0.321. The second-order valence-electron chi connectivity index (χ2n) is 8.54. The molecule has 2 atom stereocenters. The average Bonchev–Trinajstić information content (AvgIpc) is 3.65. The number of nitrogens with zero attached hydrogens (tertiary/aromatic N) is 1. The van der Waals surface area contributed by atoms with Crippen LogP contribution in [0.15, 0.2) is 72.1 Å². The molecule has 194 valence electrons. The molecule has 0 saturated carbocycles. The van der Waals surface area contributed by atoms with Gasteiger partial charge in [-0.15, -0.1) is 11.3 Å². The van der Waals surface area contributed by atoms with Crippen molar-refractivity contribution in [3.8, 4) is 5.75 Å². The molecule has 0 aliphatic carbocycles. The highest BCUT2D eigenvalue weighted by Gasteiger charge is 2.33. The number of amides is 3. The van der Waals surface area contributed by atoms with Crippen LogP contribution < -0.4 is 20.3 Å². The van der Waals surface area contributed by atoms with Crippen LogP contribution >= 0.6 is 11.3 Å². The number of anilines is 1. The van der Waals surface area contributed by atoms with Crippen molar-refractivity contribution in [1.82, 2.24) is 10.6 Å². The van der Waals surface area contributed by atoms with Crippen molar-refractivity contribution in [2.24, 2.45) is 0 Å². The van der Waals surface area contributed by atoms with E-state index in [1.807, 2.05) is 37.3 Å². The zero-order valence-corrected chi connectivity index (χ0v) is 21.5. The van der Waals surface area contributed by atoms with E-state index in [0.29, 0.717) is 41.6 Å². The lowest BCUT2D eigenvalue weighted by Crippen LogP contribution is -2.48. The number of carbonyl (C=O) groups excluding carboxylic acids is 3. The Kier molecular flexibility index (Phi) is 9.29. The molecule has 0 radical (unpaired) electrons. The molecule has 0 bridgehead atoms. The summed E-state index contributed by atoms with van der Waals surface area (Å²) in [5, 5.41) is 7.47. The lowest BCUT2D eigenvalue weighted by molar-refractivity contribution is -0.126. The Balaban J connectivity index is 1.63. The van der Waals surface area contributed by atoms with E-state index in [0.717, 1.165) is 12.8 Å². The Morgan fingerprint density at radius 2 is 1.84 bits per heavy atom. The Morgan fingerprint density at radius 3 is 2.49 bits per heavy atom. The van der Waals surface area contributed by atoms with Gasteiger partial charge in [-0.05, 0) is 61.0 Å². The molecule has 3 aromatic rings. The van der Waals surface area contributed by atoms with E-state index >= 15 is 0 Å². The summed E-state index contributed by atoms with van der Waals surface area (Å²) in [5.41, 5.74) is 1.17. The quantitative estimate of drug-likeness (QED) is 0.398. The Labute approximate surface area is 220 Å². The number of nitrogens with one attached hydrogen (secondary N) is 2. The third-order valence-corrected chi connectivity index (χ3v) is 6.86. The standard InChI is InChI=1S/C28H31N3O5S/c1-2-35-22-14-12-21(13-15-22)31(25(32)19-30-27(33)24-11-7-17-37-24)26(20-8-4-3-5-9-20)28(34)29-18-23-10-6-16-36-23/h3-5,7-9,11-15,17,23,26H,2,6,10,16,18-19H2,1H3,(H,29,34)(H,30,33)/t23-,26-/m0/s1. The number of rotatable bonds is 11. The maximum atomic E-state index is 13.7. The molecule has 1 aromatic heterocycles. The van der Waals surface area contributed by atoms with Crippen LogP contribution in [-0.4, -0.2) is 50.1 Å². The van der Waals surface area contributed by atoms with Gasteiger partial charge in [-0.25, -0.2) is 0 Å². The molecule has 2 aromatic carbocycles. The van der Waals surface area contributed by atoms with E-state index in [1.165, 1.54) is 16.2 Å². The third kappa shape index (κ3) is 6.96. The summed E-state index contributed by atoms with van der Waals surface area (Å²) in [6, 6.07) is 18.7. The summed E-state index contributed by atoms with van der Waals surface area (Å²) in [4.78, 5) is 41.8. The SMILES string of the molecule is CCOc1ccc(N(C(=O)CNC(=O)c2cccs2)[C@H](C(=O)NC[C@@H]2CCCO2)c2ccccc2)cc1. The molecular formula is C28H31N3O5S. The van der Waals surface area contributed by atoms with Crippen LogP contribution in [-0.2, 0) is 14.3 Å². The highest BCUT2D eigenvalue weighted by atomic mass is 32.1. The highest BCUT2D eigenvalue weighted by Crippen LogP contribution is 2.30. The number of carbonyl (C=O) groups is 3. The molecule has 0 spiro atoms. The highest BCUT2D eigenvalue weighted by molar-refractivity contribution is 7.12. The maximum absolute atomic E-state index is 13.7. The number of thiophene rings is 1. The van der Waals surface area contributed by atoms with Gasteiger partial charge in [0.15, 0.2) is 0 Å². The first-order chi connectivity index (χ1) is 18.1. The van der Waals surface area contributed by atoms with Crippen molar-refractivity contribution < 1.29 is 23.9 Å². The molecule has 2 heterocycles. The first-order valence-electron chi connectivity index (χ1n) is 12.4. The topological polar surface area (TPSA) is 97.0 Å².